The van der Waals surface area contributed by atoms with Gasteiger partial charge in [-0.2, -0.15) is 0 Å². The van der Waals surface area contributed by atoms with Gasteiger partial charge in [-0.3, -0.25) is 9.59 Å². The van der Waals surface area contributed by atoms with Crippen LogP contribution in [0.4, 0.5) is 0 Å². The van der Waals surface area contributed by atoms with Gasteiger partial charge in [-0.25, -0.2) is 0 Å². The summed E-state index contributed by atoms with van der Waals surface area (Å²) >= 11 is 12.0. The van der Waals surface area contributed by atoms with Crippen molar-refractivity contribution in [1.29, 1.82) is 0 Å². The lowest BCUT2D eigenvalue weighted by atomic mass is 9.75. The molecule has 6 nitrogen and oxygen atoms in total. The minimum absolute atomic E-state index is 0.0777. The number of nitrogens with one attached hydrogen (secondary N) is 2. The molecule has 0 heterocycles. The van der Waals surface area contributed by atoms with E-state index in [1.54, 1.807) is 50.2 Å². The molecular formula is C31H40Cl2N2O4. The molecule has 0 spiro atoms. The number of hydrogen-bond acceptors (Lipinski definition) is 4. The van der Waals surface area contributed by atoms with E-state index in [9.17, 15) is 9.59 Å². The molecule has 0 saturated heterocycles. The Hall–Kier alpha value is -2.44. The van der Waals surface area contributed by atoms with Gasteiger partial charge in [-0.05, 0) is 120 Å². The molecule has 2 saturated carbocycles. The summed E-state index contributed by atoms with van der Waals surface area (Å²) in [6, 6.07) is 14.6. The zero-order valence-electron chi connectivity index (χ0n) is 22.8. The fraction of sp³-hybridized carbons (Fsp3) is 0.548. The molecule has 0 aromatic heterocycles. The van der Waals surface area contributed by atoms with E-state index in [0.29, 0.717) is 33.4 Å². The maximum atomic E-state index is 12.6. The topological polar surface area (TPSA) is 76.7 Å². The van der Waals surface area contributed by atoms with Crippen LogP contribution in [0.2, 0.25) is 10.0 Å². The largest absolute Gasteiger partial charge is 0.481 e. The van der Waals surface area contributed by atoms with Gasteiger partial charge < -0.3 is 20.1 Å². The van der Waals surface area contributed by atoms with Crippen molar-refractivity contribution in [2.45, 2.75) is 95.9 Å². The van der Waals surface area contributed by atoms with Crippen molar-refractivity contribution in [3.05, 3.63) is 58.6 Å². The molecule has 0 radical (unpaired) electrons. The zero-order chi connectivity index (χ0) is 27.8. The van der Waals surface area contributed by atoms with Gasteiger partial charge in [0, 0.05) is 22.1 Å². The Labute approximate surface area is 242 Å². The maximum absolute atomic E-state index is 12.6. The Morgan fingerprint density at radius 1 is 0.718 bits per heavy atom. The predicted molar refractivity (Wildman–Crippen MR) is 155 cm³/mol. The van der Waals surface area contributed by atoms with Gasteiger partial charge in [0.15, 0.2) is 12.2 Å². The molecule has 2 atom stereocenters. The normalized spacial score (nSPS) is 24.7. The monoisotopic (exact) mass is 574 g/mol. The lowest BCUT2D eigenvalue weighted by molar-refractivity contribution is -0.128. The summed E-state index contributed by atoms with van der Waals surface area (Å²) in [6.45, 7) is 3.54. The summed E-state index contributed by atoms with van der Waals surface area (Å²) in [6.07, 6.45) is 8.72. The second kappa shape index (κ2) is 14.3. The third-order valence-corrected chi connectivity index (χ3v) is 8.48. The zero-order valence-corrected chi connectivity index (χ0v) is 24.3. The van der Waals surface area contributed by atoms with Crippen LogP contribution in [0.3, 0.4) is 0 Å². The average molecular weight is 576 g/mol. The number of ether oxygens (including phenoxy) is 2. The SMILES string of the molecule is C[C@H](Oc1cccc(Cl)c1)C(=O)NC1CCC(CC2CCC(NC(=O)[C@@H](C)Oc3cccc(Cl)c3)CC2)CC1. The number of amides is 2. The van der Waals surface area contributed by atoms with Crippen LogP contribution in [0.15, 0.2) is 48.5 Å². The van der Waals surface area contributed by atoms with Crippen molar-refractivity contribution in [2.75, 3.05) is 0 Å². The van der Waals surface area contributed by atoms with Crippen LogP contribution in [0.5, 0.6) is 11.5 Å². The van der Waals surface area contributed by atoms with E-state index in [4.69, 9.17) is 32.7 Å². The molecular weight excluding hydrogens is 535 g/mol. The standard InChI is InChI=1S/C31H40Cl2N2O4/c1-20(38-28-7-3-5-24(32)18-28)30(36)34-26-13-9-22(10-14-26)17-23-11-15-27(16-12-23)35-31(37)21(2)39-29-8-4-6-25(33)19-29/h3-8,18-23,26-27H,9-17H2,1-2H3,(H,34,36)(H,35,37)/t20-,21+,22?,23?,26?,27?. The van der Waals surface area contributed by atoms with Gasteiger partial charge in [0.05, 0.1) is 0 Å². The molecule has 0 unspecified atom stereocenters. The fourth-order valence-electron chi connectivity index (χ4n) is 5.79. The molecule has 212 valence electrons. The van der Waals surface area contributed by atoms with E-state index < -0.39 is 12.2 Å². The van der Waals surface area contributed by atoms with Gasteiger partial charge in [0.2, 0.25) is 0 Å². The highest BCUT2D eigenvalue weighted by Crippen LogP contribution is 2.35. The lowest BCUT2D eigenvalue weighted by Gasteiger charge is -2.35. The van der Waals surface area contributed by atoms with Gasteiger partial charge in [0.25, 0.3) is 11.8 Å². The second-order valence-corrected chi connectivity index (χ2v) is 12.0. The molecule has 8 heteroatoms. The summed E-state index contributed by atoms with van der Waals surface area (Å²) in [5.41, 5.74) is 0. The van der Waals surface area contributed by atoms with Crippen LogP contribution in [0, 0.1) is 11.8 Å². The summed E-state index contributed by atoms with van der Waals surface area (Å²) in [7, 11) is 0. The number of rotatable bonds is 10. The Morgan fingerprint density at radius 2 is 1.10 bits per heavy atom. The first-order valence-corrected chi connectivity index (χ1v) is 15.0. The highest BCUT2D eigenvalue weighted by molar-refractivity contribution is 6.31. The van der Waals surface area contributed by atoms with Crippen molar-refractivity contribution in [3.63, 3.8) is 0 Å². The van der Waals surface area contributed by atoms with E-state index in [0.717, 1.165) is 51.4 Å². The molecule has 2 amide bonds. The van der Waals surface area contributed by atoms with Crippen LogP contribution >= 0.6 is 23.2 Å². The minimum atomic E-state index is -0.566. The molecule has 2 aromatic carbocycles. The molecule has 39 heavy (non-hydrogen) atoms. The number of carbonyl (C=O) groups is 2. The summed E-state index contributed by atoms with van der Waals surface area (Å²) in [5, 5.41) is 7.53. The Kier molecular flexibility index (Phi) is 10.8. The van der Waals surface area contributed by atoms with E-state index in [1.807, 2.05) is 12.1 Å². The molecule has 4 rings (SSSR count). The quantitative estimate of drug-likeness (QED) is 0.321. The Bertz CT molecular complexity index is 1010. The number of carbonyl (C=O) groups excluding carboxylic acids is 2. The molecule has 0 bridgehead atoms. The smallest absolute Gasteiger partial charge is 0.260 e. The number of hydrogen-bond donors (Lipinski definition) is 2. The third-order valence-electron chi connectivity index (χ3n) is 8.01. The molecule has 2 fully saturated rings. The van der Waals surface area contributed by atoms with Gasteiger partial charge in [0.1, 0.15) is 11.5 Å². The number of halogens is 2. The van der Waals surface area contributed by atoms with Crippen LogP contribution < -0.4 is 20.1 Å². The van der Waals surface area contributed by atoms with E-state index >= 15 is 0 Å². The van der Waals surface area contributed by atoms with Crippen molar-refractivity contribution in [2.24, 2.45) is 11.8 Å². The van der Waals surface area contributed by atoms with Gasteiger partial charge in [-0.1, -0.05) is 35.3 Å². The Balaban J connectivity index is 1.11. The lowest BCUT2D eigenvalue weighted by Crippen LogP contribution is -2.44. The van der Waals surface area contributed by atoms with Crippen LogP contribution in [-0.4, -0.2) is 36.1 Å². The molecule has 2 aliphatic rings. The van der Waals surface area contributed by atoms with E-state index in [2.05, 4.69) is 10.6 Å². The minimum Gasteiger partial charge on any atom is -0.481 e. The number of benzene rings is 2. The predicted octanol–water partition coefficient (Wildman–Crippen LogP) is 6.97. The summed E-state index contributed by atoms with van der Waals surface area (Å²) in [5.74, 6) is 2.46. The molecule has 2 aliphatic carbocycles. The highest BCUT2D eigenvalue weighted by atomic mass is 35.5. The first-order valence-electron chi connectivity index (χ1n) is 14.2. The summed E-state index contributed by atoms with van der Waals surface area (Å²) in [4.78, 5) is 25.3. The van der Waals surface area contributed by atoms with E-state index in [1.165, 1.54) is 6.42 Å². The molecule has 2 N–H and O–H groups in total. The third kappa shape index (κ3) is 9.32. The van der Waals surface area contributed by atoms with Crippen LogP contribution in [-0.2, 0) is 9.59 Å². The second-order valence-electron chi connectivity index (χ2n) is 11.1. The van der Waals surface area contributed by atoms with E-state index in [-0.39, 0.29) is 23.9 Å². The average Bonchev–Trinajstić information content (AvgIpc) is 2.91. The fourth-order valence-corrected chi connectivity index (χ4v) is 6.15. The first kappa shape index (κ1) is 29.5. The van der Waals surface area contributed by atoms with Crippen LogP contribution in [0.1, 0.15) is 71.6 Å². The van der Waals surface area contributed by atoms with Crippen molar-refractivity contribution in [1.82, 2.24) is 10.6 Å². The van der Waals surface area contributed by atoms with Gasteiger partial charge in [-0.15, -0.1) is 0 Å². The van der Waals surface area contributed by atoms with Crippen molar-refractivity contribution < 1.29 is 19.1 Å². The molecule has 2 aromatic rings. The molecule has 0 aliphatic heterocycles. The Morgan fingerprint density at radius 3 is 1.46 bits per heavy atom. The van der Waals surface area contributed by atoms with Crippen molar-refractivity contribution in [3.8, 4) is 11.5 Å². The van der Waals surface area contributed by atoms with Gasteiger partial charge >= 0.3 is 0 Å². The van der Waals surface area contributed by atoms with Crippen LogP contribution in [0.25, 0.3) is 0 Å². The first-order chi connectivity index (χ1) is 18.7. The van der Waals surface area contributed by atoms with Crippen molar-refractivity contribution >= 4 is 35.0 Å². The maximum Gasteiger partial charge on any atom is 0.260 e. The highest BCUT2D eigenvalue weighted by Gasteiger charge is 2.29. The summed E-state index contributed by atoms with van der Waals surface area (Å²) < 4.78 is 11.5.